The van der Waals surface area contributed by atoms with Gasteiger partial charge in [-0.05, 0) is 0 Å². The van der Waals surface area contributed by atoms with Crippen molar-refractivity contribution in [3.05, 3.63) is 0 Å². The fraction of sp³-hybridized carbons (Fsp3) is 0.500. The predicted octanol–water partition coefficient (Wildman–Crippen LogP) is -7.45. The van der Waals surface area contributed by atoms with Crippen molar-refractivity contribution in [1.82, 2.24) is 0 Å². The first kappa shape index (κ1) is 25.8. The molecular weight excluding hydrogens is 393 g/mol. The van der Waals surface area contributed by atoms with Gasteiger partial charge in [-0.25, -0.2) is 8.78 Å². The Kier molecular flexibility index (Phi) is 29.6. The van der Waals surface area contributed by atoms with Gasteiger partial charge in [0.1, 0.15) is 0 Å². The first-order valence-electron chi connectivity index (χ1n) is 2.27. The van der Waals surface area contributed by atoms with Crippen molar-refractivity contribution in [2.24, 2.45) is 0 Å². The van der Waals surface area contributed by atoms with E-state index in [4.69, 9.17) is 19.8 Å². The van der Waals surface area contributed by atoms with Crippen LogP contribution in [0.3, 0.4) is 0 Å². The second-order valence-electron chi connectivity index (χ2n) is 1.24. The van der Waals surface area contributed by atoms with Gasteiger partial charge >= 0.3 is 120 Å². The largest absolute Gasteiger partial charge is 1.00 e. The molecule has 2 unspecified atom stereocenters. The Labute approximate surface area is 190 Å². The van der Waals surface area contributed by atoms with Gasteiger partial charge in [0.05, 0.1) is 11.9 Å². The quantitative estimate of drug-likeness (QED) is 0.344. The first-order chi connectivity index (χ1) is 5.29. The molecule has 4 nitrogen and oxygen atoms in total. The Bertz CT molecular complexity index is 153. The molecule has 0 saturated carbocycles. The number of carbonyl (C=O) groups excluding carboxylic acids is 2. The summed E-state index contributed by atoms with van der Waals surface area (Å²) in [6.45, 7) is 0. The molecule has 14 heavy (non-hydrogen) atoms. The molecule has 0 aliphatic rings. The van der Waals surface area contributed by atoms with Gasteiger partial charge in [0.2, 0.25) is 11.3 Å². The molecule has 0 aromatic rings. The van der Waals surface area contributed by atoms with Crippen LogP contribution in [0, 0.1) is 0 Å². The normalized spacial score (nSPS) is 11.7. The van der Waals surface area contributed by atoms with E-state index in [0.29, 0.717) is 0 Å². The minimum atomic E-state index is -2.37. The van der Waals surface area contributed by atoms with E-state index in [-0.39, 0.29) is 120 Å². The van der Waals surface area contributed by atoms with Crippen LogP contribution in [0.1, 0.15) is 0 Å². The van der Waals surface area contributed by atoms with Crippen LogP contribution in [0.15, 0.2) is 0 Å². The number of hydrogen-bond acceptors (Lipinski definition) is 4. The van der Waals surface area contributed by atoms with Crippen molar-refractivity contribution >= 4 is 35.1 Å². The third kappa shape index (κ3) is 24.3. The van der Waals surface area contributed by atoms with Gasteiger partial charge in [-0.15, -0.1) is 0 Å². The molecule has 0 fully saturated rings. The number of carboxylic acids is 2. The first-order valence-corrected chi connectivity index (χ1v) is 3.14. The van der Waals surface area contributed by atoms with Crippen molar-refractivity contribution in [1.29, 1.82) is 0 Å². The summed E-state index contributed by atoms with van der Waals surface area (Å²) in [6, 6.07) is 0. The van der Waals surface area contributed by atoms with Gasteiger partial charge < -0.3 is 19.8 Å². The summed E-state index contributed by atoms with van der Waals surface area (Å²) in [5, 5.41) is 18.2. The van der Waals surface area contributed by atoms with Gasteiger partial charge in [0, 0.05) is 0 Å². The number of halogens is 4. The molecule has 0 aliphatic carbocycles. The van der Waals surface area contributed by atoms with E-state index in [0.717, 1.165) is 0 Å². The molecule has 0 spiro atoms. The molecule has 0 rings (SSSR count). The molecule has 0 heterocycles. The zero-order valence-corrected chi connectivity index (χ0v) is 18.2. The second kappa shape index (κ2) is 16.1. The zero-order valence-electron chi connectivity index (χ0n) is 7.30. The molecule has 10 heteroatoms. The van der Waals surface area contributed by atoms with E-state index < -0.39 is 23.2 Å². The van der Waals surface area contributed by atoms with E-state index >= 15 is 0 Å². The number of carbonyl (C=O) groups is 2. The zero-order chi connectivity index (χ0) is 10.3. The smallest absolute Gasteiger partial charge is 0.546 e. The molecular formula is C4H2Cl2CsF2KO4. The van der Waals surface area contributed by atoms with Crippen LogP contribution in [-0.4, -0.2) is 23.2 Å². The van der Waals surface area contributed by atoms with E-state index in [9.17, 15) is 8.78 Å². The molecule has 0 radical (unpaired) electrons. The van der Waals surface area contributed by atoms with Gasteiger partial charge in [0.15, 0.2) is 0 Å². The Hall–Kier alpha value is 3.07. The summed E-state index contributed by atoms with van der Waals surface area (Å²) in [6.07, 6.45) is 0. The average molecular weight is 395 g/mol. The maximum Gasteiger partial charge on any atom is 1.00 e. The number of alkyl halides is 4. The van der Waals surface area contributed by atoms with Gasteiger partial charge in [-0.3, -0.25) is 0 Å². The molecule has 0 saturated heterocycles. The van der Waals surface area contributed by atoms with Gasteiger partial charge in [0.25, 0.3) is 0 Å². The van der Waals surface area contributed by atoms with Crippen molar-refractivity contribution in [3.63, 3.8) is 0 Å². The average Bonchev–Trinajstić information content (AvgIpc) is 1.88. The minimum Gasteiger partial charge on any atom is -0.546 e. The number of carboxylic acid groups (broad SMARTS) is 2. The van der Waals surface area contributed by atoms with Crippen LogP contribution in [-0.2, 0) is 9.59 Å². The Morgan fingerprint density at radius 2 is 1.07 bits per heavy atom. The van der Waals surface area contributed by atoms with Crippen molar-refractivity contribution in [2.75, 3.05) is 0 Å². The Morgan fingerprint density at radius 1 is 1.00 bits per heavy atom. The molecule has 0 N–H and O–H groups in total. The van der Waals surface area contributed by atoms with Gasteiger partial charge in [-0.1, -0.05) is 23.2 Å². The number of hydrogen-bond donors (Lipinski definition) is 0. The number of rotatable bonds is 2. The van der Waals surface area contributed by atoms with Crippen molar-refractivity contribution < 1.29 is 149 Å². The third-order valence-corrected chi connectivity index (χ3v) is 0.713. The minimum absolute atomic E-state index is 0. The Morgan fingerprint density at radius 3 is 1.07 bits per heavy atom. The topological polar surface area (TPSA) is 80.3 Å². The molecule has 0 amide bonds. The summed E-state index contributed by atoms with van der Waals surface area (Å²) >= 11 is 8.57. The standard InChI is InChI=1S/2C2H2ClFO2.Cs.K/c2*3-1(4)2(5)6;;/h2*1H,(H,5,6);;/q;;2*+1/p-2. The molecule has 0 aliphatic heterocycles. The fourth-order valence-corrected chi connectivity index (χ4v) is 0. The maximum atomic E-state index is 10.9. The van der Waals surface area contributed by atoms with Crippen LogP contribution >= 0.6 is 23.2 Å². The molecule has 2 atom stereocenters. The van der Waals surface area contributed by atoms with E-state index in [1.807, 2.05) is 0 Å². The molecule has 0 aromatic carbocycles. The molecule has 0 bridgehead atoms. The van der Waals surface area contributed by atoms with Crippen molar-refractivity contribution in [2.45, 2.75) is 11.3 Å². The van der Waals surface area contributed by atoms with Crippen molar-refractivity contribution in [3.8, 4) is 0 Å². The van der Waals surface area contributed by atoms with Crippen LogP contribution < -0.4 is 130 Å². The number of aliphatic carboxylic acids is 2. The van der Waals surface area contributed by atoms with Crippen LogP contribution in [0.25, 0.3) is 0 Å². The molecule has 0 aromatic heterocycles. The van der Waals surface area contributed by atoms with Crippen LogP contribution in [0.5, 0.6) is 0 Å². The Balaban J connectivity index is -0.0000000625. The monoisotopic (exact) mass is 394 g/mol. The maximum absolute atomic E-state index is 10.9. The fourth-order valence-electron chi connectivity index (χ4n) is 0. The van der Waals surface area contributed by atoms with Gasteiger partial charge in [-0.2, -0.15) is 0 Å². The van der Waals surface area contributed by atoms with E-state index in [1.165, 1.54) is 0 Å². The predicted molar refractivity (Wildman–Crippen MR) is 31.5 cm³/mol. The van der Waals surface area contributed by atoms with E-state index in [1.54, 1.807) is 0 Å². The van der Waals surface area contributed by atoms with Crippen LogP contribution in [0.4, 0.5) is 8.78 Å². The second-order valence-corrected chi connectivity index (χ2v) is 2.01. The summed E-state index contributed by atoms with van der Waals surface area (Å²) in [7, 11) is 0. The summed E-state index contributed by atoms with van der Waals surface area (Å²) in [5.74, 6) is -3.78. The van der Waals surface area contributed by atoms with E-state index in [2.05, 4.69) is 23.2 Å². The van der Waals surface area contributed by atoms with Crippen LogP contribution in [0.2, 0.25) is 0 Å². The molecule has 72 valence electrons. The third-order valence-electron chi connectivity index (χ3n) is 0.356. The summed E-state index contributed by atoms with van der Waals surface area (Å²) < 4.78 is 21.9. The summed E-state index contributed by atoms with van der Waals surface area (Å²) in [4.78, 5) is 18.2. The SMILES string of the molecule is O=C([O-])C(F)Cl.O=C([O-])C(F)Cl.[Cs+].[K+]. The summed E-state index contributed by atoms with van der Waals surface area (Å²) in [5.41, 5.74) is -4.74.